The quantitative estimate of drug-likeness (QED) is 0.638. The summed E-state index contributed by atoms with van der Waals surface area (Å²) in [5.74, 6) is 0.881. The Bertz CT molecular complexity index is 1080. The van der Waals surface area contributed by atoms with Gasteiger partial charge in [-0.15, -0.1) is 11.3 Å². The molecule has 0 saturated carbocycles. The molecule has 2 fully saturated rings. The Balaban J connectivity index is 1.27. The van der Waals surface area contributed by atoms with Crippen LogP contribution in [-0.2, 0) is 16.6 Å². The van der Waals surface area contributed by atoms with E-state index in [9.17, 15) is 8.42 Å². The molecule has 0 radical (unpaired) electrons. The SMILES string of the molecule is O=S(=O)(c1ccc2ncsc2c1)N1C[C@H]2CCN(Cc3cccnc3)CC[C@H]2C1. The molecular formula is C21H24N4O2S2. The van der Waals surface area contributed by atoms with Gasteiger partial charge in [0.25, 0.3) is 0 Å². The maximum absolute atomic E-state index is 13.2. The number of sulfonamides is 1. The van der Waals surface area contributed by atoms with Gasteiger partial charge in [-0.2, -0.15) is 4.31 Å². The monoisotopic (exact) mass is 428 g/mol. The van der Waals surface area contributed by atoms with Gasteiger partial charge >= 0.3 is 0 Å². The summed E-state index contributed by atoms with van der Waals surface area (Å²) in [6.07, 6.45) is 5.83. The maximum Gasteiger partial charge on any atom is 0.243 e. The molecule has 6 nitrogen and oxygen atoms in total. The second-order valence-corrected chi connectivity index (χ2v) is 10.9. The molecule has 2 aliphatic rings. The van der Waals surface area contributed by atoms with Crippen molar-refractivity contribution in [1.82, 2.24) is 19.2 Å². The largest absolute Gasteiger partial charge is 0.299 e. The molecule has 1 aromatic carbocycles. The highest BCUT2D eigenvalue weighted by Crippen LogP contribution is 2.35. The van der Waals surface area contributed by atoms with E-state index in [0.29, 0.717) is 29.8 Å². The number of pyridine rings is 1. The predicted molar refractivity (Wildman–Crippen MR) is 114 cm³/mol. The molecule has 2 aromatic heterocycles. The zero-order chi connectivity index (χ0) is 19.8. The summed E-state index contributed by atoms with van der Waals surface area (Å²) in [6.45, 7) is 4.21. The van der Waals surface area contributed by atoms with Crippen molar-refractivity contribution < 1.29 is 8.42 Å². The number of benzene rings is 1. The smallest absolute Gasteiger partial charge is 0.243 e. The molecule has 4 heterocycles. The molecule has 2 saturated heterocycles. The molecule has 5 rings (SSSR count). The molecule has 0 unspecified atom stereocenters. The summed E-state index contributed by atoms with van der Waals surface area (Å²) in [4.78, 5) is 11.3. The predicted octanol–water partition coefficient (Wildman–Crippen LogP) is 3.22. The third kappa shape index (κ3) is 3.82. The van der Waals surface area contributed by atoms with Crippen LogP contribution in [0.1, 0.15) is 18.4 Å². The number of aromatic nitrogens is 2. The standard InChI is InChI=1S/C21H24N4O2S2/c26-29(27,19-3-4-20-21(10-19)28-15-23-20)25-13-17-5-8-24(9-6-18(17)14-25)12-16-2-1-7-22-11-16/h1-4,7,10-11,15,17-18H,5-6,8-9,12-14H2/t17-,18+. The molecular weight excluding hydrogens is 404 g/mol. The van der Waals surface area contributed by atoms with Crippen LogP contribution in [0.4, 0.5) is 0 Å². The molecule has 0 amide bonds. The number of hydrogen-bond donors (Lipinski definition) is 0. The summed E-state index contributed by atoms with van der Waals surface area (Å²) in [5.41, 5.74) is 3.85. The number of nitrogens with zero attached hydrogens (tertiary/aromatic N) is 4. The highest BCUT2D eigenvalue weighted by molar-refractivity contribution is 7.89. The summed E-state index contributed by atoms with van der Waals surface area (Å²) in [6, 6.07) is 9.37. The van der Waals surface area contributed by atoms with Gasteiger partial charge in [0.1, 0.15) is 0 Å². The van der Waals surface area contributed by atoms with E-state index in [0.717, 1.165) is 42.7 Å². The van der Waals surface area contributed by atoms with Crippen molar-refractivity contribution in [1.29, 1.82) is 0 Å². The number of likely N-dealkylation sites (tertiary alicyclic amines) is 1. The van der Waals surface area contributed by atoms with Crippen LogP contribution >= 0.6 is 11.3 Å². The lowest BCUT2D eigenvalue weighted by Crippen LogP contribution is -2.31. The first-order valence-corrected chi connectivity index (χ1v) is 12.4. The summed E-state index contributed by atoms with van der Waals surface area (Å²) in [5, 5.41) is 0. The van der Waals surface area contributed by atoms with Crippen LogP contribution in [0.3, 0.4) is 0 Å². The highest BCUT2D eigenvalue weighted by atomic mass is 32.2. The lowest BCUT2D eigenvalue weighted by atomic mass is 9.92. The molecule has 8 heteroatoms. The molecule has 0 aliphatic carbocycles. The molecule has 0 bridgehead atoms. The first-order valence-electron chi connectivity index (χ1n) is 10.0. The fraction of sp³-hybridized carbons (Fsp3) is 0.429. The normalized spacial score (nSPS) is 23.9. The molecule has 2 aliphatic heterocycles. The zero-order valence-corrected chi connectivity index (χ0v) is 17.8. The Labute approximate surface area is 175 Å². The van der Waals surface area contributed by atoms with Crippen LogP contribution in [0.5, 0.6) is 0 Å². The number of rotatable bonds is 4. The van der Waals surface area contributed by atoms with E-state index in [1.54, 1.807) is 28.1 Å². The molecule has 2 atom stereocenters. The van der Waals surface area contributed by atoms with Crippen molar-refractivity contribution in [2.45, 2.75) is 24.3 Å². The van der Waals surface area contributed by atoms with Gasteiger partial charge in [0.2, 0.25) is 10.0 Å². The van der Waals surface area contributed by atoms with Crippen molar-refractivity contribution in [2.24, 2.45) is 11.8 Å². The van der Waals surface area contributed by atoms with Gasteiger partial charge in [0.15, 0.2) is 0 Å². The number of hydrogen-bond acceptors (Lipinski definition) is 6. The van der Waals surface area contributed by atoms with Crippen LogP contribution in [-0.4, -0.2) is 53.8 Å². The Kier molecular flexibility index (Phi) is 5.11. The van der Waals surface area contributed by atoms with Gasteiger partial charge < -0.3 is 0 Å². The molecule has 152 valence electrons. The Morgan fingerprint density at radius 3 is 2.62 bits per heavy atom. The maximum atomic E-state index is 13.2. The average molecular weight is 429 g/mol. The van der Waals surface area contributed by atoms with E-state index in [-0.39, 0.29) is 0 Å². The van der Waals surface area contributed by atoms with E-state index >= 15 is 0 Å². The van der Waals surface area contributed by atoms with Crippen molar-refractivity contribution in [3.8, 4) is 0 Å². The lowest BCUT2D eigenvalue weighted by molar-refractivity contribution is 0.265. The van der Waals surface area contributed by atoms with E-state index in [4.69, 9.17) is 0 Å². The van der Waals surface area contributed by atoms with E-state index in [1.807, 2.05) is 18.3 Å². The zero-order valence-electron chi connectivity index (χ0n) is 16.1. The lowest BCUT2D eigenvalue weighted by Gasteiger charge is -2.21. The topological polar surface area (TPSA) is 66.4 Å². The van der Waals surface area contributed by atoms with Crippen molar-refractivity contribution in [2.75, 3.05) is 26.2 Å². The van der Waals surface area contributed by atoms with Gasteiger partial charge in [-0.05, 0) is 67.6 Å². The fourth-order valence-corrected chi connectivity index (χ4v) is 6.98. The van der Waals surface area contributed by atoms with Crippen LogP contribution in [0.15, 0.2) is 53.1 Å². The summed E-state index contributed by atoms with van der Waals surface area (Å²) in [7, 11) is -3.45. The molecule has 0 N–H and O–H groups in total. The van der Waals surface area contributed by atoms with Crippen LogP contribution < -0.4 is 0 Å². The minimum atomic E-state index is -3.45. The van der Waals surface area contributed by atoms with Crippen LogP contribution in [0.25, 0.3) is 10.2 Å². The minimum Gasteiger partial charge on any atom is -0.299 e. The average Bonchev–Trinajstić information content (AvgIpc) is 3.33. The summed E-state index contributed by atoms with van der Waals surface area (Å²) < 4.78 is 29.1. The van der Waals surface area contributed by atoms with Crippen LogP contribution in [0, 0.1) is 11.8 Å². The first-order chi connectivity index (χ1) is 14.1. The minimum absolute atomic E-state index is 0.393. The van der Waals surface area contributed by atoms with Crippen LogP contribution in [0.2, 0.25) is 0 Å². The van der Waals surface area contributed by atoms with E-state index in [1.165, 1.54) is 16.9 Å². The first kappa shape index (κ1) is 19.1. The number of fused-ring (bicyclic) bond motifs is 2. The third-order valence-corrected chi connectivity index (χ3v) is 8.86. The van der Waals surface area contributed by atoms with Gasteiger partial charge in [-0.3, -0.25) is 9.88 Å². The van der Waals surface area contributed by atoms with Crippen molar-refractivity contribution in [3.63, 3.8) is 0 Å². The van der Waals surface area contributed by atoms with Gasteiger partial charge in [0, 0.05) is 32.0 Å². The van der Waals surface area contributed by atoms with Gasteiger partial charge in [0.05, 0.1) is 20.6 Å². The summed E-state index contributed by atoms with van der Waals surface area (Å²) >= 11 is 1.48. The third-order valence-electron chi connectivity index (χ3n) is 6.24. The molecule has 29 heavy (non-hydrogen) atoms. The van der Waals surface area contributed by atoms with Crippen molar-refractivity contribution >= 4 is 31.6 Å². The van der Waals surface area contributed by atoms with E-state index < -0.39 is 10.0 Å². The fourth-order valence-electron chi connectivity index (χ4n) is 4.61. The Hall–Kier alpha value is -1.87. The Morgan fingerprint density at radius 2 is 1.90 bits per heavy atom. The molecule has 0 spiro atoms. The molecule has 3 aromatic rings. The van der Waals surface area contributed by atoms with Gasteiger partial charge in [-0.25, -0.2) is 13.4 Å². The second kappa shape index (κ2) is 7.75. The van der Waals surface area contributed by atoms with E-state index in [2.05, 4.69) is 20.9 Å². The van der Waals surface area contributed by atoms with Gasteiger partial charge in [-0.1, -0.05) is 6.07 Å². The number of thiazole rings is 1. The Morgan fingerprint density at radius 1 is 1.10 bits per heavy atom. The highest BCUT2D eigenvalue weighted by Gasteiger charge is 2.40. The second-order valence-electron chi connectivity index (χ2n) is 8.04. The van der Waals surface area contributed by atoms with Crippen molar-refractivity contribution in [3.05, 3.63) is 53.8 Å².